The van der Waals surface area contributed by atoms with Crippen LogP contribution in [0.2, 0.25) is 0 Å². The first-order chi connectivity index (χ1) is 5.06. The molecule has 4 heteroatoms. The molecule has 0 aliphatic rings. The van der Waals surface area contributed by atoms with Crippen LogP contribution in [0.1, 0.15) is 27.7 Å². The van der Waals surface area contributed by atoms with E-state index < -0.39 is 17.2 Å². The van der Waals surface area contributed by atoms with Crippen molar-refractivity contribution < 1.29 is 17.9 Å². The molecule has 0 aromatic carbocycles. The molecule has 1 nitrogen and oxygen atoms in total. The molecule has 0 amide bonds. The molecule has 0 aromatic heterocycles. The molecule has 0 fully saturated rings. The predicted molar refractivity (Wildman–Crippen MR) is 40.9 cm³/mol. The first kappa shape index (κ1) is 11.8. The lowest BCUT2D eigenvalue weighted by Gasteiger charge is -2.41. The number of halogens is 3. The highest BCUT2D eigenvalue weighted by molar-refractivity contribution is 4.94. The number of rotatable bonds is 1. The van der Waals surface area contributed by atoms with Gasteiger partial charge in [-0.1, -0.05) is 20.8 Å². The molecule has 0 aliphatic heterocycles. The number of hydrogen-bond donors (Lipinski definition) is 0. The second kappa shape index (κ2) is 2.91. The largest absolute Gasteiger partial charge is 0.417 e. The van der Waals surface area contributed by atoms with E-state index in [0.717, 1.165) is 14.0 Å². The van der Waals surface area contributed by atoms with Gasteiger partial charge in [0.25, 0.3) is 0 Å². The van der Waals surface area contributed by atoms with E-state index >= 15 is 0 Å². The summed E-state index contributed by atoms with van der Waals surface area (Å²) in [5.41, 5.74) is -3.04. The summed E-state index contributed by atoms with van der Waals surface area (Å²) in [7, 11) is 1.08. The highest BCUT2D eigenvalue weighted by atomic mass is 19.4. The molecule has 0 unspecified atom stereocenters. The SMILES string of the molecule is CO[C@](C)(C(C)(C)C)C(F)(F)F. The van der Waals surface area contributed by atoms with Gasteiger partial charge in [-0.25, -0.2) is 0 Å². The second-order valence-electron chi connectivity index (χ2n) is 3.99. The zero-order valence-corrected chi connectivity index (χ0v) is 8.04. The Morgan fingerprint density at radius 1 is 0.917 bits per heavy atom. The van der Waals surface area contributed by atoms with E-state index in [1.165, 1.54) is 20.8 Å². The van der Waals surface area contributed by atoms with Crippen molar-refractivity contribution in [1.29, 1.82) is 0 Å². The summed E-state index contributed by atoms with van der Waals surface area (Å²) in [4.78, 5) is 0. The number of methoxy groups -OCH3 is 1. The van der Waals surface area contributed by atoms with Gasteiger partial charge in [-0.05, 0) is 12.3 Å². The van der Waals surface area contributed by atoms with Crippen LogP contribution in [-0.2, 0) is 4.74 Å². The fourth-order valence-corrected chi connectivity index (χ4v) is 0.847. The molecule has 0 rings (SSSR count). The minimum Gasteiger partial charge on any atom is -0.369 e. The maximum Gasteiger partial charge on any atom is 0.417 e. The van der Waals surface area contributed by atoms with E-state index in [1.54, 1.807) is 0 Å². The van der Waals surface area contributed by atoms with Crippen LogP contribution in [-0.4, -0.2) is 18.9 Å². The molecule has 0 N–H and O–H groups in total. The lowest BCUT2D eigenvalue weighted by atomic mass is 9.77. The van der Waals surface area contributed by atoms with E-state index in [2.05, 4.69) is 4.74 Å². The minimum absolute atomic E-state index is 0.958. The molecule has 0 saturated heterocycles. The van der Waals surface area contributed by atoms with Crippen molar-refractivity contribution in [3.63, 3.8) is 0 Å². The van der Waals surface area contributed by atoms with Gasteiger partial charge in [0.05, 0.1) is 0 Å². The summed E-state index contributed by atoms with van der Waals surface area (Å²) >= 11 is 0. The van der Waals surface area contributed by atoms with Crippen molar-refractivity contribution in [2.24, 2.45) is 5.41 Å². The quantitative estimate of drug-likeness (QED) is 0.608. The summed E-state index contributed by atoms with van der Waals surface area (Å²) in [5, 5.41) is 0. The molecule has 12 heavy (non-hydrogen) atoms. The monoisotopic (exact) mass is 184 g/mol. The summed E-state index contributed by atoms with van der Waals surface area (Å²) < 4.78 is 42.0. The van der Waals surface area contributed by atoms with Crippen LogP contribution >= 0.6 is 0 Å². The Balaban J connectivity index is 4.95. The Kier molecular flexibility index (Phi) is 2.85. The van der Waals surface area contributed by atoms with Crippen LogP contribution in [0.15, 0.2) is 0 Å². The normalized spacial score (nSPS) is 19.0. The highest BCUT2D eigenvalue weighted by Crippen LogP contribution is 2.45. The average molecular weight is 184 g/mol. The van der Waals surface area contributed by atoms with Gasteiger partial charge in [0, 0.05) is 7.11 Å². The van der Waals surface area contributed by atoms with Crippen LogP contribution in [0.3, 0.4) is 0 Å². The summed E-state index contributed by atoms with van der Waals surface area (Å²) in [5.74, 6) is 0. The average Bonchev–Trinajstić information content (AvgIpc) is 1.81. The fourth-order valence-electron chi connectivity index (χ4n) is 0.847. The van der Waals surface area contributed by atoms with Gasteiger partial charge in [0.15, 0.2) is 5.60 Å². The van der Waals surface area contributed by atoms with Crippen LogP contribution in [0.25, 0.3) is 0 Å². The van der Waals surface area contributed by atoms with Crippen molar-refractivity contribution in [2.75, 3.05) is 7.11 Å². The topological polar surface area (TPSA) is 9.23 Å². The molecular weight excluding hydrogens is 169 g/mol. The molecule has 74 valence electrons. The minimum atomic E-state index is -4.33. The zero-order chi connectivity index (χ0) is 10.2. The van der Waals surface area contributed by atoms with E-state index in [0.29, 0.717) is 0 Å². The number of alkyl halides is 3. The van der Waals surface area contributed by atoms with Crippen LogP contribution in [0.5, 0.6) is 0 Å². The molecule has 0 heterocycles. The maximum atomic E-state index is 12.5. The Labute approximate surface area is 70.9 Å². The van der Waals surface area contributed by atoms with Crippen molar-refractivity contribution in [3.8, 4) is 0 Å². The van der Waals surface area contributed by atoms with Gasteiger partial charge in [0.2, 0.25) is 0 Å². The molecule has 1 atom stereocenters. The predicted octanol–water partition coefficient (Wildman–Crippen LogP) is 3.00. The van der Waals surface area contributed by atoms with Crippen molar-refractivity contribution in [1.82, 2.24) is 0 Å². The van der Waals surface area contributed by atoms with E-state index in [9.17, 15) is 13.2 Å². The van der Waals surface area contributed by atoms with Gasteiger partial charge < -0.3 is 4.74 Å². The Bertz CT molecular complexity index is 141. The summed E-state index contributed by atoms with van der Waals surface area (Å²) in [6, 6.07) is 0. The zero-order valence-electron chi connectivity index (χ0n) is 8.04. The third-order valence-electron chi connectivity index (χ3n) is 2.38. The van der Waals surface area contributed by atoms with Gasteiger partial charge in [0.1, 0.15) is 0 Å². The number of hydrogen-bond acceptors (Lipinski definition) is 1. The lowest BCUT2D eigenvalue weighted by Crippen LogP contribution is -2.53. The van der Waals surface area contributed by atoms with Gasteiger partial charge >= 0.3 is 6.18 Å². The Morgan fingerprint density at radius 2 is 1.25 bits per heavy atom. The van der Waals surface area contributed by atoms with E-state index in [1.807, 2.05) is 0 Å². The van der Waals surface area contributed by atoms with Crippen molar-refractivity contribution >= 4 is 0 Å². The van der Waals surface area contributed by atoms with Crippen LogP contribution in [0.4, 0.5) is 13.2 Å². The first-order valence-corrected chi connectivity index (χ1v) is 3.68. The van der Waals surface area contributed by atoms with E-state index in [-0.39, 0.29) is 0 Å². The van der Waals surface area contributed by atoms with Gasteiger partial charge in [-0.15, -0.1) is 0 Å². The highest BCUT2D eigenvalue weighted by Gasteiger charge is 2.58. The smallest absolute Gasteiger partial charge is 0.369 e. The second-order valence-corrected chi connectivity index (χ2v) is 3.99. The molecule has 0 aliphatic carbocycles. The van der Waals surface area contributed by atoms with Gasteiger partial charge in [-0.2, -0.15) is 13.2 Å². The number of ether oxygens (including phenoxy) is 1. The molecule has 0 spiro atoms. The standard InChI is InChI=1S/C8H15F3O/c1-6(2,3)7(4,12-5)8(9,10)11/h1-5H3/t7-/m1/s1. The molecule has 0 saturated carbocycles. The van der Waals surface area contributed by atoms with Crippen molar-refractivity contribution in [3.05, 3.63) is 0 Å². The molecule has 0 bridgehead atoms. The van der Waals surface area contributed by atoms with Crippen LogP contribution < -0.4 is 0 Å². The van der Waals surface area contributed by atoms with Crippen molar-refractivity contribution in [2.45, 2.75) is 39.5 Å². The molecule has 0 radical (unpaired) electrons. The van der Waals surface area contributed by atoms with E-state index in [4.69, 9.17) is 0 Å². The lowest BCUT2D eigenvalue weighted by molar-refractivity contribution is -0.296. The summed E-state index contributed by atoms with van der Waals surface area (Å²) in [6.07, 6.45) is -4.33. The molecule has 0 aromatic rings. The van der Waals surface area contributed by atoms with Gasteiger partial charge in [-0.3, -0.25) is 0 Å². The third kappa shape index (κ3) is 1.73. The molecular formula is C8H15F3O. The Morgan fingerprint density at radius 3 is 1.25 bits per heavy atom. The van der Waals surface area contributed by atoms with Crippen LogP contribution in [0, 0.1) is 5.41 Å². The first-order valence-electron chi connectivity index (χ1n) is 3.68. The third-order valence-corrected chi connectivity index (χ3v) is 2.38. The Hall–Kier alpha value is -0.250. The maximum absolute atomic E-state index is 12.5. The fraction of sp³-hybridized carbons (Fsp3) is 1.00. The summed E-state index contributed by atoms with van der Waals surface area (Å²) in [6.45, 7) is 5.57.